The number of nitro benzene ring substituents is 1. The molecule has 0 spiro atoms. The van der Waals surface area contributed by atoms with Gasteiger partial charge in [-0.25, -0.2) is 4.79 Å². The van der Waals surface area contributed by atoms with Crippen LogP contribution >= 0.6 is 11.8 Å². The molecule has 0 saturated carbocycles. The Morgan fingerprint density at radius 3 is 2.68 bits per heavy atom. The fraction of sp³-hybridized carbons (Fsp3) is 0.0833. The molecule has 6 nitrogen and oxygen atoms in total. The number of benzene rings is 1. The first-order valence-corrected chi connectivity index (χ1v) is 6.05. The highest BCUT2D eigenvalue weighted by Crippen LogP contribution is 2.32. The molecule has 0 radical (unpaired) electrons. The van der Waals surface area contributed by atoms with Crippen molar-refractivity contribution in [1.29, 1.82) is 0 Å². The molecule has 0 aliphatic carbocycles. The monoisotopic (exact) mass is 279 g/mol. The fourth-order valence-corrected chi connectivity index (χ4v) is 2.26. The predicted octanol–water partition coefficient (Wildman–Crippen LogP) is 3.35. The summed E-state index contributed by atoms with van der Waals surface area (Å²) >= 11 is 1.13. The van der Waals surface area contributed by atoms with Crippen molar-refractivity contribution in [3.8, 4) is 0 Å². The number of rotatable bonds is 4. The average molecular weight is 279 g/mol. The van der Waals surface area contributed by atoms with Gasteiger partial charge in [0.25, 0.3) is 5.69 Å². The van der Waals surface area contributed by atoms with Crippen LogP contribution < -0.4 is 0 Å². The molecule has 19 heavy (non-hydrogen) atoms. The van der Waals surface area contributed by atoms with E-state index < -0.39 is 10.9 Å². The van der Waals surface area contributed by atoms with E-state index in [4.69, 9.17) is 9.52 Å². The SMILES string of the molecule is Cc1ccc(Sc2ccc(C(=O)O)o2)cc1[N+](=O)[O-]. The molecular weight excluding hydrogens is 270 g/mol. The van der Waals surface area contributed by atoms with Crippen molar-refractivity contribution < 1.29 is 19.2 Å². The highest BCUT2D eigenvalue weighted by Gasteiger charge is 2.14. The van der Waals surface area contributed by atoms with Crippen molar-refractivity contribution in [3.63, 3.8) is 0 Å². The van der Waals surface area contributed by atoms with Crippen molar-refractivity contribution in [2.45, 2.75) is 16.9 Å². The minimum absolute atomic E-state index is 0.0232. The molecule has 0 bridgehead atoms. The topological polar surface area (TPSA) is 93.6 Å². The fourth-order valence-electron chi connectivity index (χ4n) is 1.46. The van der Waals surface area contributed by atoms with E-state index in [-0.39, 0.29) is 11.4 Å². The highest BCUT2D eigenvalue weighted by molar-refractivity contribution is 7.99. The van der Waals surface area contributed by atoms with Gasteiger partial charge in [0.05, 0.1) is 4.92 Å². The van der Waals surface area contributed by atoms with Gasteiger partial charge in [0.1, 0.15) is 0 Å². The Morgan fingerprint density at radius 2 is 2.11 bits per heavy atom. The van der Waals surface area contributed by atoms with Gasteiger partial charge in [0, 0.05) is 16.5 Å². The Hall–Kier alpha value is -2.28. The second-order valence-corrected chi connectivity index (χ2v) is 4.81. The minimum Gasteiger partial charge on any atom is -0.475 e. The molecule has 0 amide bonds. The van der Waals surface area contributed by atoms with Crippen LogP contribution in [0.2, 0.25) is 0 Å². The number of furan rings is 1. The normalized spacial score (nSPS) is 10.4. The van der Waals surface area contributed by atoms with Crippen LogP contribution in [0.3, 0.4) is 0 Å². The molecule has 0 atom stereocenters. The van der Waals surface area contributed by atoms with Crippen LogP contribution in [0.5, 0.6) is 0 Å². The van der Waals surface area contributed by atoms with Crippen molar-refractivity contribution in [2.24, 2.45) is 0 Å². The molecule has 1 heterocycles. The van der Waals surface area contributed by atoms with Gasteiger partial charge in [0.2, 0.25) is 5.76 Å². The molecule has 1 aromatic carbocycles. The molecule has 0 fully saturated rings. The number of aromatic carboxylic acids is 1. The lowest BCUT2D eigenvalue weighted by Gasteiger charge is -2.00. The largest absolute Gasteiger partial charge is 0.475 e. The molecule has 0 aliphatic rings. The number of nitrogens with zero attached hydrogens (tertiary/aromatic N) is 1. The van der Waals surface area contributed by atoms with Crippen LogP contribution in [0.25, 0.3) is 0 Å². The molecule has 0 saturated heterocycles. The lowest BCUT2D eigenvalue weighted by Crippen LogP contribution is -1.92. The first kappa shape index (κ1) is 13.2. The smallest absolute Gasteiger partial charge is 0.371 e. The molecule has 0 aliphatic heterocycles. The van der Waals surface area contributed by atoms with Gasteiger partial charge < -0.3 is 9.52 Å². The van der Waals surface area contributed by atoms with E-state index >= 15 is 0 Å². The molecule has 1 aromatic heterocycles. The van der Waals surface area contributed by atoms with E-state index in [1.165, 1.54) is 18.2 Å². The first-order valence-electron chi connectivity index (χ1n) is 5.23. The van der Waals surface area contributed by atoms with Crippen LogP contribution in [0, 0.1) is 17.0 Å². The standard InChI is InChI=1S/C12H9NO5S/c1-7-2-3-8(6-9(7)13(16)17)19-11-5-4-10(18-11)12(14)15/h2-6H,1H3,(H,14,15). The number of hydrogen-bond acceptors (Lipinski definition) is 5. The van der Waals surface area contributed by atoms with Crippen molar-refractivity contribution in [2.75, 3.05) is 0 Å². The Morgan fingerprint density at radius 1 is 1.37 bits per heavy atom. The molecule has 7 heteroatoms. The summed E-state index contributed by atoms with van der Waals surface area (Å²) in [4.78, 5) is 21.6. The van der Waals surface area contributed by atoms with Crippen molar-refractivity contribution in [3.05, 3.63) is 51.8 Å². The third-order valence-electron chi connectivity index (χ3n) is 2.39. The summed E-state index contributed by atoms with van der Waals surface area (Å²) in [5.41, 5.74) is 0.593. The summed E-state index contributed by atoms with van der Waals surface area (Å²) < 4.78 is 5.07. The molecular formula is C12H9NO5S. The van der Waals surface area contributed by atoms with Gasteiger partial charge in [-0.05, 0) is 25.1 Å². The van der Waals surface area contributed by atoms with Gasteiger partial charge in [-0.3, -0.25) is 10.1 Å². The summed E-state index contributed by atoms with van der Waals surface area (Å²) in [7, 11) is 0. The van der Waals surface area contributed by atoms with E-state index in [2.05, 4.69) is 0 Å². The second-order valence-electron chi connectivity index (χ2n) is 3.73. The van der Waals surface area contributed by atoms with Crippen molar-refractivity contribution >= 4 is 23.4 Å². The number of carboxylic acid groups (broad SMARTS) is 1. The maximum absolute atomic E-state index is 10.8. The third kappa shape index (κ3) is 2.94. The van der Waals surface area contributed by atoms with Gasteiger partial charge >= 0.3 is 5.97 Å². The molecule has 2 rings (SSSR count). The zero-order chi connectivity index (χ0) is 14.0. The van der Waals surface area contributed by atoms with Gasteiger partial charge in [-0.1, -0.05) is 17.8 Å². The Kier molecular flexibility index (Phi) is 3.57. The molecule has 98 valence electrons. The van der Waals surface area contributed by atoms with Crippen LogP contribution in [0.4, 0.5) is 5.69 Å². The maximum Gasteiger partial charge on any atom is 0.371 e. The van der Waals surface area contributed by atoms with Crippen molar-refractivity contribution in [1.82, 2.24) is 0 Å². The second kappa shape index (κ2) is 5.15. The minimum atomic E-state index is -1.15. The average Bonchev–Trinajstić information content (AvgIpc) is 2.80. The summed E-state index contributed by atoms with van der Waals surface area (Å²) in [6, 6.07) is 7.65. The zero-order valence-electron chi connectivity index (χ0n) is 9.82. The molecule has 1 N–H and O–H groups in total. The van der Waals surface area contributed by atoms with Gasteiger partial charge in [0.15, 0.2) is 5.09 Å². The number of nitro groups is 1. The zero-order valence-corrected chi connectivity index (χ0v) is 10.6. The van der Waals surface area contributed by atoms with E-state index in [1.54, 1.807) is 19.1 Å². The Bertz CT molecular complexity index is 649. The number of aryl methyl sites for hydroxylation is 1. The first-order chi connectivity index (χ1) is 8.97. The van der Waals surface area contributed by atoms with E-state index in [0.29, 0.717) is 15.6 Å². The Labute approximate surface area is 112 Å². The number of carboxylic acids is 1. The summed E-state index contributed by atoms with van der Waals surface area (Å²) in [6.45, 7) is 1.65. The Balaban J connectivity index is 2.25. The van der Waals surface area contributed by atoms with Gasteiger partial charge in [-0.2, -0.15) is 0 Å². The third-order valence-corrected chi connectivity index (χ3v) is 3.30. The molecule has 2 aromatic rings. The maximum atomic E-state index is 10.8. The lowest BCUT2D eigenvalue weighted by molar-refractivity contribution is -0.385. The highest BCUT2D eigenvalue weighted by atomic mass is 32.2. The number of carbonyl (C=O) groups is 1. The predicted molar refractivity (Wildman–Crippen MR) is 67.6 cm³/mol. The quantitative estimate of drug-likeness (QED) is 0.681. The summed E-state index contributed by atoms with van der Waals surface area (Å²) in [6.07, 6.45) is 0. The van der Waals surface area contributed by atoms with E-state index in [0.717, 1.165) is 11.8 Å². The molecule has 0 unspecified atom stereocenters. The lowest BCUT2D eigenvalue weighted by atomic mass is 10.2. The van der Waals surface area contributed by atoms with E-state index in [1.807, 2.05) is 0 Å². The van der Waals surface area contributed by atoms with Crippen LogP contribution in [0.15, 0.2) is 44.7 Å². The van der Waals surface area contributed by atoms with Crippen LogP contribution in [-0.2, 0) is 0 Å². The summed E-state index contributed by atoms with van der Waals surface area (Å²) in [5.74, 6) is -1.31. The van der Waals surface area contributed by atoms with Crippen LogP contribution in [-0.4, -0.2) is 16.0 Å². The number of hydrogen-bond donors (Lipinski definition) is 1. The van der Waals surface area contributed by atoms with Gasteiger partial charge in [-0.15, -0.1) is 0 Å². The van der Waals surface area contributed by atoms with Crippen LogP contribution in [0.1, 0.15) is 16.1 Å². The van der Waals surface area contributed by atoms with E-state index in [9.17, 15) is 14.9 Å². The summed E-state index contributed by atoms with van der Waals surface area (Å²) in [5, 5.41) is 19.9.